The number of carbonyl (C=O) groups excluding carboxylic acids is 1. The first-order chi connectivity index (χ1) is 16.9. The van der Waals surface area contributed by atoms with E-state index in [2.05, 4.69) is 40.9 Å². The molecule has 0 aliphatic carbocycles. The normalized spacial score (nSPS) is 11.5. The van der Waals surface area contributed by atoms with Crippen LogP contribution in [0.2, 0.25) is 0 Å². The Kier molecular flexibility index (Phi) is 7.42. The van der Waals surface area contributed by atoms with Crippen LogP contribution in [0.5, 0.6) is 5.75 Å². The Bertz CT molecular complexity index is 1440. The standard InChI is InChI=1S/C27H25N3O4S/c1-35(32,33)30(25-9-3-2-4-10-25)19-27(31)29-28-18-21-12-15-26(16-13-21)34-20-22-11-14-23-7-5-6-8-24(23)17-22/h2-18H,19-20H2,1H3,(H,29,31)/b28-18-. The number of hydrazone groups is 1. The van der Waals surface area contributed by atoms with Crippen LogP contribution in [0.4, 0.5) is 5.69 Å². The SMILES string of the molecule is CS(=O)(=O)N(CC(=O)N/N=C\c1ccc(OCc2ccc3ccccc3c2)cc1)c1ccccc1. The van der Waals surface area contributed by atoms with Gasteiger partial charge in [-0.1, -0.05) is 54.6 Å². The van der Waals surface area contributed by atoms with Crippen LogP contribution in [0.3, 0.4) is 0 Å². The molecular formula is C27H25N3O4S. The van der Waals surface area contributed by atoms with Crippen molar-refractivity contribution in [2.45, 2.75) is 6.61 Å². The van der Waals surface area contributed by atoms with Crippen molar-refractivity contribution in [3.63, 3.8) is 0 Å². The molecule has 0 bridgehead atoms. The molecule has 0 saturated heterocycles. The largest absolute Gasteiger partial charge is 0.489 e. The van der Waals surface area contributed by atoms with Gasteiger partial charge >= 0.3 is 0 Å². The van der Waals surface area contributed by atoms with E-state index in [9.17, 15) is 13.2 Å². The van der Waals surface area contributed by atoms with Crippen molar-refractivity contribution < 1.29 is 17.9 Å². The number of hydrogen-bond donors (Lipinski definition) is 1. The van der Waals surface area contributed by atoms with Gasteiger partial charge in [0, 0.05) is 0 Å². The summed E-state index contributed by atoms with van der Waals surface area (Å²) in [5.74, 6) is 0.164. The summed E-state index contributed by atoms with van der Waals surface area (Å²) in [6.07, 6.45) is 2.54. The van der Waals surface area contributed by atoms with E-state index in [0.717, 1.165) is 21.7 Å². The second-order valence-electron chi connectivity index (χ2n) is 7.94. The summed E-state index contributed by atoms with van der Waals surface area (Å²) >= 11 is 0. The summed E-state index contributed by atoms with van der Waals surface area (Å²) in [5.41, 5.74) is 4.62. The predicted molar refractivity (Wildman–Crippen MR) is 139 cm³/mol. The maximum atomic E-state index is 12.3. The van der Waals surface area contributed by atoms with Crippen molar-refractivity contribution in [1.29, 1.82) is 0 Å². The molecule has 4 rings (SSSR count). The fourth-order valence-electron chi connectivity index (χ4n) is 3.48. The fraction of sp³-hybridized carbons (Fsp3) is 0.111. The van der Waals surface area contributed by atoms with Crippen molar-refractivity contribution in [2.75, 3.05) is 17.1 Å². The highest BCUT2D eigenvalue weighted by Crippen LogP contribution is 2.19. The number of hydrogen-bond acceptors (Lipinski definition) is 5. The van der Waals surface area contributed by atoms with Crippen molar-refractivity contribution >= 4 is 38.6 Å². The number of sulfonamides is 1. The molecule has 0 saturated carbocycles. The van der Waals surface area contributed by atoms with Gasteiger partial charge in [-0.25, -0.2) is 13.8 Å². The van der Waals surface area contributed by atoms with Crippen molar-refractivity contribution in [2.24, 2.45) is 5.10 Å². The van der Waals surface area contributed by atoms with Gasteiger partial charge < -0.3 is 4.74 Å². The van der Waals surface area contributed by atoms with Crippen LogP contribution < -0.4 is 14.5 Å². The van der Waals surface area contributed by atoms with E-state index in [0.29, 0.717) is 18.0 Å². The summed E-state index contributed by atoms with van der Waals surface area (Å²) in [5, 5.41) is 6.30. The minimum Gasteiger partial charge on any atom is -0.489 e. The lowest BCUT2D eigenvalue weighted by atomic mass is 10.1. The number of para-hydroxylation sites is 1. The molecule has 0 aromatic heterocycles. The zero-order valence-corrected chi connectivity index (χ0v) is 20.0. The quantitative estimate of drug-likeness (QED) is 0.281. The molecule has 35 heavy (non-hydrogen) atoms. The van der Waals surface area contributed by atoms with E-state index < -0.39 is 15.9 Å². The third-order valence-electron chi connectivity index (χ3n) is 5.23. The highest BCUT2D eigenvalue weighted by Gasteiger charge is 2.20. The number of ether oxygens (including phenoxy) is 1. The predicted octanol–water partition coefficient (Wildman–Crippen LogP) is 4.34. The van der Waals surface area contributed by atoms with Gasteiger partial charge in [-0.2, -0.15) is 5.10 Å². The second kappa shape index (κ2) is 10.8. The molecule has 0 unspecified atom stereocenters. The minimum absolute atomic E-state index is 0.373. The average Bonchev–Trinajstić information content (AvgIpc) is 2.86. The number of carbonyl (C=O) groups is 1. The number of amides is 1. The van der Waals surface area contributed by atoms with Gasteiger partial charge in [0.15, 0.2) is 0 Å². The lowest BCUT2D eigenvalue weighted by molar-refractivity contribution is -0.119. The van der Waals surface area contributed by atoms with Crippen LogP contribution in [0, 0.1) is 0 Å². The summed E-state index contributed by atoms with van der Waals surface area (Å²) < 4.78 is 31.1. The second-order valence-corrected chi connectivity index (χ2v) is 9.84. The summed E-state index contributed by atoms with van der Waals surface area (Å²) in [6, 6.07) is 30.2. The number of benzene rings is 4. The van der Waals surface area contributed by atoms with Gasteiger partial charge in [0.2, 0.25) is 10.0 Å². The number of nitrogens with one attached hydrogen (secondary N) is 1. The van der Waals surface area contributed by atoms with Gasteiger partial charge in [0.25, 0.3) is 5.91 Å². The van der Waals surface area contributed by atoms with Crippen LogP contribution in [-0.2, 0) is 21.4 Å². The van der Waals surface area contributed by atoms with Crippen LogP contribution in [0.15, 0.2) is 102 Å². The van der Waals surface area contributed by atoms with Gasteiger partial charge in [0.1, 0.15) is 18.9 Å². The zero-order valence-electron chi connectivity index (χ0n) is 19.2. The molecule has 7 nitrogen and oxygen atoms in total. The molecule has 0 heterocycles. The Morgan fingerprint density at radius 2 is 1.60 bits per heavy atom. The third-order valence-corrected chi connectivity index (χ3v) is 6.37. The van der Waals surface area contributed by atoms with Gasteiger partial charge in [-0.3, -0.25) is 9.10 Å². The summed E-state index contributed by atoms with van der Waals surface area (Å²) in [7, 11) is -3.62. The van der Waals surface area contributed by atoms with Gasteiger partial charge in [0.05, 0.1) is 18.2 Å². The van der Waals surface area contributed by atoms with Gasteiger partial charge in [-0.05, 0) is 64.4 Å². The Morgan fingerprint density at radius 3 is 2.31 bits per heavy atom. The maximum Gasteiger partial charge on any atom is 0.260 e. The fourth-order valence-corrected chi connectivity index (χ4v) is 4.34. The molecule has 178 valence electrons. The lowest BCUT2D eigenvalue weighted by Crippen LogP contribution is -2.38. The smallest absolute Gasteiger partial charge is 0.260 e. The van der Waals surface area contributed by atoms with E-state index in [-0.39, 0.29) is 6.54 Å². The van der Waals surface area contributed by atoms with Crippen molar-refractivity contribution in [1.82, 2.24) is 5.43 Å². The van der Waals surface area contributed by atoms with Crippen LogP contribution in [-0.4, -0.2) is 33.3 Å². The topological polar surface area (TPSA) is 88.1 Å². The Balaban J connectivity index is 1.30. The molecule has 0 spiro atoms. The molecule has 0 atom stereocenters. The first kappa shape index (κ1) is 24.0. The monoisotopic (exact) mass is 487 g/mol. The zero-order chi connectivity index (χ0) is 24.7. The molecule has 1 amide bonds. The molecule has 4 aromatic carbocycles. The minimum atomic E-state index is -3.62. The Hall–Kier alpha value is -4.17. The van der Waals surface area contributed by atoms with Crippen molar-refractivity contribution in [3.05, 3.63) is 108 Å². The first-order valence-electron chi connectivity index (χ1n) is 10.9. The van der Waals surface area contributed by atoms with Crippen molar-refractivity contribution in [3.8, 4) is 5.75 Å². The summed E-state index contributed by atoms with van der Waals surface area (Å²) in [4.78, 5) is 12.3. The number of anilines is 1. The first-order valence-corrected chi connectivity index (χ1v) is 12.8. The third kappa shape index (κ3) is 6.68. The number of fused-ring (bicyclic) bond motifs is 1. The van der Waals surface area contributed by atoms with E-state index in [1.165, 1.54) is 17.0 Å². The average molecular weight is 488 g/mol. The Labute approximate surface area is 204 Å². The van der Waals surface area contributed by atoms with Crippen LogP contribution >= 0.6 is 0 Å². The van der Waals surface area contributed by atoms with Crippen LogP contribution in [0.1, 0.15) is 11.1 Å². The Morgan fingerprint density at radius 1 is 0.914 bits per heavy atom. The summed E-state index contributed by atoms with van der Waals surface area (Å²) in [6.45, 7) is 0.0777. The maximum absolute atomic E-state index is 12.3. The van der Waals surface area contributed by atoms with E-state index in [1.54, 1.807) is 30.3 Å². The molecular weight excluding hydrogens is 462 g/mol. The van der Waals surface area contributed by atoms with E-state index in [1.807, 2.05) is 36.4 Å². The molecule has 4 aromatic rings. The van der Waals surface area contributed by atoms with Gasteiger partial charge in [-0.15, -0.1) is 0 Å². The van der Waals surface area contributed by atoms with Crippen LogP contribution in [0.25, 0.3) is 10.8 Å². The molecule has 0 aliphatic rings. The number of nitrogens with zero attached hydrogens (tertiary/aromatic N) is 2. The lowest BCUT2D eigenvalue weighted by Gasteiger charge is -2.21. The molecule has 0 aliphatic heterocycles. The highest BCUT2D eigenvalue weighted by atomic mass is 32.2. The molecule has 0 fully saturated rings. The molecule has 8 heteroatoms. The molecule has 1 N–H and O–H groups in total. The highest BCUT2D eigenvalue weighted by molar-refractivity contribution is 7.92. The van der Waals surface area contributed by atoms with E-state index in [4.69, 9.17) is 4.74 Å². The number of rotatable bonds is 9. The van der Waals surface area contributed by atoms with E-state index >= 15 is 0 Å². The molecule has 0 radical (unpaired) electrons.